The molecule has 2 unspecified atom stereocenters. The Morgan fingerprint density at radius 2 is 1.70 bits per heavy atom. The maximum Gasteiger partial charge on any atom is 0.00418 e. The Balaban J connectivity index is 1.62. The largest absolute Gasteiger partial charge is 0.328 e. The number of hydrogen-bond donors (Lipinski definition) is 1. The molecule has 4 saturated carbocycles. The highest BCUT2D eigenvalue weighted by Gasteiger charge is 2.57. The summed E-state index contributed by atoms with van der Waals surface area (Å²) in [6.07, 6.45) is 14.7. The van der Waals surface area contributed by atoms with Gasteiger partial charge in [-0.1, -0.05) is 20.3 Å². The van der Waals surface area contributed by atoms with E-state index in [0.717, 1.165) is 29.1 Å². The fourth-order valence-electron chi connectivity index (χ4n) is 7.28. The first-order valence-corrected chi connectivity index (χ1v) is 9.28. The summed E-state index contributed by atoms with van der Waals surface area (Å²) in [5, 5.41) is 0. The summed E-state index contributed by atoms with van der Waals surface area (Å²) in [7, 11) is 0. The molecule has 1 nitrogen and oxygen atoms in total. The summed E-state index contributed by atoms with van der Waals surface area (Å²) in [4.78, 5) is 0. The second kappa shape index (κ2) is 4.48. The van der Waals surface area contributed by atoms with Gasteiger partial charge in [-0.05, 0) is 92.3 Å². The van der Waals surface area contributed by atoms with Crippen LogP contribution in [0.3, 0.4) is 0 Å². The maximum absolute atomic E-state index is 6.28. The monoisotopic (exact) mass is 275 g/mol. The van der Waals surface area contributed by atoms with Gasteiger partial charge in [-0.3, -0.25) is 0 Å². The zero-order chi connectivity index (χ0) is 14.0. The fourth-order valence-corrected chi connectivity index (χ4v) is 7.28. The van der Waals surface area contributed by atoms with E-state index in [1.165, 1.54) is 64.2 Å². The predicted octanol–water partition coefficient (Wildman–Crippen LogP) is 4.75. The van der Waals surface area contributed by atoms with Gasteiger partial charge in [0.1, 0.15) is 0 Å². The molecule has 1 heteroatoms. The van der Waals surface area contributed by atoms with Crippen LogP contribution in [0.1, 0.15) is 78.1 Å². The first-order valence-electron chi connectivity index (χ1n) is 9.28. The molecular weight excluding hydrogens is 242 g/mol. The van der Waals surface area contributed by atoms with Crippen molar-refractivity contribution in [1.29, 1.82) is 0 Å². The lowest BCUT2D eigenvalue weighted by atomic mass is 9.45. The summed E-state index contributed by atoms with van der Waals surface area (Å²) in [6.45, 7) is 5.27. The Kier molecular flexibility index (Phi) is 3.05. The molecule has 7 atom stereocenters. The minimum Gasteiger partial charge on any atom is -0.328 e. The van der Waals surface area contributed by atoms with Crippen molar-refractivity contribution in [1.82, 2.24) is 0 Å². The molecule has 0 bridgehead atoms. The Labute approximate surface area is 125 Å². The third-order valence-electron chi connectivity index (χ3n) is 8.49. The van der Waals surface area contributed by atoms with Gasteiger partial charge in [0.05, 0.1) is 0 Å². The van der Waals surface area contributed by atoms with Crippen LogP contribution in [0, 0.1) is 34.5 Å². The Morgan fingerprint density at radius 1 is 0.850 bits per heavy atom. The van der Waals surface area contributed by atoms with E-state index in [1.807, 2.05) is 0 Å². The van der Waals surface area contributed by atoms with Crippen LogP contribution >= 0.6 is 0 Å². The highest BCUT2D eigenvalue weighted by Crippen LogP contribution is 2.66. The SMILES string of the molecule is C[C@@]12CCC[C@H]1[C@@H]1CCC3CC(N)CC[C@]3(C)[C@@H]1CC2. The van der Waals surface area contributed by atoms with Crippen LogP contribution in [0.25, 0.3) is 0 Å². The van der Waals surface area contributed by atoms with Gasteiger partial charge < -0.3 is 5.73 Å². The fraction of sp³-hybridized carbons (Fsp3) is 1.00. The number of hydrogen-bond acceptors (Lipinski definition) is 1. The minimum absolute atomic E-state index is 0.505. The molecule has 0 heterocycles. The molecule has 0 aliphatic heterocycles. The lowest BCUT2D eigenvalue weighted by molar-refractivity contribution is -0.105. The summed E-state index contributed by atoms with van der Waals surface area (Å²) in [6, 6.07) is 0.505. The second-order valence-electron chi connectivity index (χ2n) is 9.28. The molecule has 0 amide bonds. The molecular formula is C19H33N. The Hall–Kier alpha value is -0.0400. The smallest absolute Gasteiger partial charge is 0.00418 e. The van der Waals surface area contributed by atoms with Gasteiger partial charge in [0.2, 0.25) is 0 Å². The van der Waals surface area contributed by atoms with Crippen LogP contribution in [-0.4, -0.2) is 6.04 Å². The third-order valence-corrected chi connectivity index (χ3v) is 8.49. The first kappa shape index (κ1) is 13.6. The van der Waals surface area contributed by atoms with E-state index in [2.05, 4.69) is 13.8 Å². The van der Waals surface area contributed by atoms with Gasteiger partial charge in [-0.2, -0.15) is 0 Å². The van der Waals surface area contributed by atoms with Crippen molar-refractivity contribution in [2.75, 3.05) is 0 Å². The van der Waals surface area contributed by atoms with E-state index in [9.17, 15) is 0 Å². The number of nitrogens with two attached hydrogens (primary N) is 1. The Bertz CT molecular complexity index is 391. The van der Waals surface area contributed by atoms with Crippen LogP contribution in [0.4, 0.5) is 0 Å². The van der Waals surface area contributed by atoms with Crippen molar-refractivity contribution in [3.8, 4) is 0 Å². The van der Waals surface area contributed by atoms with Gasteiger partial charge in [-0.25, -0.2) is 0 Å². The maximum atomic E-state index is 6.28. The average molecular weight is 275 g/mol. The normalized spacial score (nSPS) is 58.6. The molecule has 4 aliphatic rings. The Morgan fingerprint density at radius 3 is 2.55 bits per heavy atom. The molecule has 0 aromatic heterocycles. The van der Waals surface area contributed by atoms with Gasteiger partial charge >= 0.3 is 0 Å². The van der Waals surface area contributed by atoms with Crippen LogP contribution in [0.15, 0.2) is 0 Å². The molecule has 4 fully saturated rings. The van der Waals surface area contributed by atoms with E-state index in [-0.39, 0.29) is 0 Å². The van der Waals surface area contributed by atoms with Crippen LogP contribution in [0.5, 0.6) is 0 Å². The summed E-state index contributed by atoms with van der Waals surface area (Å²) in [5.74, 6) is 4.10. The highest BCUT2D eigenvalue weighted by atomic mass is 14.7. The lowest BCUT2D eigenvalue weighted by Crippen LogP contribution is -2.53. The van der Waals surface area contributed by atoms with E-state index in [0.29, 0.717) is 11.5 Å². The second-order valence-corrected chi connectivity index (χ2v) is 9.28. The van der Waals surface area contributed by atoms with E-state index in [4.69, 9.17) is 5.73 Å². The van der Waals surface area contributed by atoms with Crippen molar-refractivity contribution >= 4 is 0 Å². The van der Waals surface area contributed by atoms with Gasteiger partial charge in [0, 0.05) is 6.04 Å². The average Bonchev–Trinajstić information content (AvgIpc) is 2.81. The van der Waals surface area contributed by atoms with E-state index in [1.54, 1.807) is 0 Å². The zero-order valence-corrected chi connectivity index (χ0v) is 13.5. The van der Waals surface area contributed by atoms with Crippen LogP contribution < -0.4 is 5.73 Å². The molecule has 0 aromatic carbocycles. The predicted molar refractivity (Wildman–Crippen MR) is 84.3 cm³/mol. The first-order chi connectivity index (χ1) is 9.53. The molecule has 20 heavy (non-hydrogen) atoms. The summed E-state index contributed by atoms with van der Waals surface area (Å²) < 4.78 is 0. The highest BCUT2D eigenvalue weighted by molar-refractivity contribution is 5.07. The van der Waals surface area contributed by atoms with E-state index >= 15 is 0 Å². The molecule has 4 aliphatic carbocycles. The zero-order valence-electron chi connectivity index (χ0n) is 13.5. The molecule has 4 rings (SSSR count). The summed E-state index contributed by atoms with van der Waals surface area (Å²) >= 11 is 0. The van der Waals surface area contributed by atoms with Gasteiger partial charge in [-0.15, -0.1) is 0 Å². The van der Waals surface area contributed by atoms with Gasteiger partial charge in [0.25, 0.3) is 0 Å². The standard InChI is InChI=1S/C19H33N/c1-18-9-3-4-16(18)15-6-5-13-12-14(20)7-11-19(13,2)17(15)8-10-18/h13-17H,3-12,20H2,1-2H3/t13?,14?,15-,16-,17+,18-,19-/m0/s1. The summed E-state index contributed by atoms with van der Waals surface area (Å²) in [5.41, 5.74) is 7.63. The van der Waals surface area contributed by atoms with E-state index < -0.39 is 0 Å². The van der Waals surface area contributed by atoms with Crippen molar-refractivity contribution in [3.05, 3.63) is 0 Å². The molecule has 2 N–H and O–H groups in total. The quantitative estimate of drug-likeness (QED) is 0.678. The van der Waals surface area contributed by atoms with Crippen molar-refractivity contribution in [3.63, 3.8) is 0 Å². The molecule has 0 aromatic rings. The van der Waals surface area contributed by atoms with Crippen LogP contribution in [-0.2, 0) is 0 Å². The molecule has 0 spiro atoms. The van der Waals surface area contributed by atoms with Crippen molar-refractivity contribution in [2.45, 2.75) is 84.1 Å². The minimum atomic E-state index is 0.505. The third kappa shape index (κ3) is 1.77. The topological polar surface area (TPSA) is 26.0 Å². The molecule has 114 valence electrons. The van der Waals surface area contributed by atoms with Crippen LogP contribution in [0.2, 0.25) is 0 Å². The number of fused-ring (bicyclic) bond motifs is 5. The van der Waals surface area contributed by atoms with Crippen molar-refractivity contribution in [2.24, 2.45) is 40.2 Å². The molecule has 0 radical (unpaired) electrons. The van der Waals surface area contributed by atoms with Crippen molar-refractivity contribution < 1.29 is 0 Å². The molecule has 0 saturated heterocycles. The van der Waals surface area contributed by atoms with Gasteiger partial charge in [0.15, 0.2) is 0 Å². The lowest BCUT2D eigenvalue weighted by Gasteiger charge is -2.60. The number of rotatable bonds is 0.